The lowest BCUT2D eigenvalue weighted by Gasteiger charge is -2.07. The molecule has 1 aromatic heterocycles. The van der Waals surface area contributed by atoms with Crippen LogP contribution in [0.4, 0.5) is 0 Å². The number of benzene rings is 1. The molecule has 3 nitrogen and oxygen atoms in total. The van der Waals surface area contributed by atoms with Crippen molar-refractivity contribution in [2.75, 3.05) is 0 Å². The predicted molar refractivity (Wildman–Crippen MR) is 71.7 cm³/mol. The van der Waals surface area contributed by atoms with Gasteiger partial charge in [0, 0.05) is 22.0 Å². The molecule has 0 aliphatic rings. The van der Waals surface area contributed by atoms with E-state index in [1.54, 1.807) is 12.3 Å². The Bertz CT molecular complexity index is 523. The van der Waals surface area contributed by atoms with Crippen LogP contribution in [0.15, 0.2) is 34.7 Å². The van der Waals surface area contributed by atoms with Gasteiger partial charge in [0.2, 0.25) is 0 Å². The minimum Gasteiger partial charge on any atom is -0.346 e. The number of hydrogen-bond donors (Lipinski definition) is 2. The smallest absolute Gasteiger partial charge is 0.251 e. The third kappa shape index (κ3) is 3.08. The van der Waals surface area contributed by atoms with Gasteiger partial charge in [-0.3, -0.25) is 4.79 Å². The van der Waals surface area contributed by atoms with E-state index in [9.17, 15) is 4.79 Å². The minimum absolute atomic E-state index is 0.0893. The molecule has 0 spiro atoms. The van der Waals surface area contributed by atoms with Gasteiger partial charge in [-0.15, -0.1) is 24.0 Å². The Morgan fingerprint density at radius 2 is 2.35 bits per heavy atom. The number of nitrogens with zero attached hydrogens (tertiary/aromatic N) is 1. The molecule has 1 amide bonds. The van der Waals surface area contributed by atoms with E-state index in [1.807, 2.05) is 24.4 Å². The maximum atomic E-state index is 11.9. The largest absolute Gasteiger partial charge is 0.346 e. The second-order valence-electron chi connectivity index (χ2n) is 3.61. The summed E-state index contributed by atoms with van der Waals surface area (Å²) in [6.07, 6.45) is 1.73. The second kappa shape index (κ2) is 5.33. The summed E-state index contributed by atoms with van der Waals surface area (Å²) in [5.41, 5.74) is 1.61. The monoisotopic (exact) mass is 264 g/mol. The van der Waals surface area contributed by atoms with Crippen molar-refractivity contribution >= 4 is 29.9 Å². The molecule has 0 saturated carbocycles. The van der Waals surface area contributed by atoms with Gasteiger partial charge in [0.1, 0.15) is 5.01 Å². The van der Waals surface area contributed by atoms with Crippen molar-refractivity contribution < 1.29 is 4.79 Å². The van der Waals surface area contributed by atoms with Crippen molar-refractivity contribution in [3.05, 3.63) is 45.9 Å². The van der Waals surface area contributed by atoms with Crippen LogP contribution in [0.25, 0.3) is 0 Å². The zero-order valence-corrected chi connectivity index (χ0v) is 11.0. The molecule has 0 atom stereocenters. The molecule has 0 aliphatic carbocycles. The van der Waals surface area contributed by atoms with Crippen LogP contribution >= 0.6 is 24.0 Å². The van der Waals surface area contributed by atoms with Crippen molar-refractivity contribution in [1.29, 1.82) is 0 Å². The zero-order valence-electron chi connectivity index (χ0n) is 9.30. The van der Waals surface area contributed by atoms with Crippen LogP contribution in [0, 0.1) is 6.92 Å². The van der Waals surface area contributed by atoms with Crippen LogP contribution in [0.5, 0.6) is 0 Å². The fourth-order valence-electron chi connectivity index (χ4n) is 1.45. The lowest BCUT2D eigenvalue weighted by molar-refractivity contribution is 0.0950. The molecule has 17 heavy (non-hydrogen) atoms. The van der Waals surface area contributed by atoms with Gasteiger partial charge in [0.15, 0.2) is 0 Å². The maximum absolute atomic E-state index is 11.9. The SMILES string of the molecule is Cc1ccc(S)cc1C(=O)NCc1nccs1. The van der Waals surface area contributed by atoms with Crippen LogP contribution in [0.1, 0.15) is 20.9 Å². The number of carbonyl (C=O) groups excluding carboxylic acids is 1. The van der Waals surface area contributed by atoms with Gasteiger partial charge >= 0.3 is 0 Å². The van der Waals surface area contributed by atoms with Crippen LogP contribution < -0.4 is 5.32 Å². The highest BCUT2D eigenvalue weighted by molar-refractivity contribution is 7.80. The van der Waals surface area contributed by atoms with Crippen molar-refractivity contribution in [1.82, 2.24) is 10.3 Å². The van der Waals surface area contributed by atoms with Gasteiger partial charge in [-0.2, -0.15) is 0 Å². The van der Waals surface area contributed by atoms with Gasteiger partial charge in [-0.05, 0) is 24.6 Å². The van der Waals surface area contributed by atoms with Crippen LogP contribution in [0.2, 0.25) is 0 Å². The van der Waals surface area contributed by atoms with Crippen molar-refractivity contribution in [2.24, 2.45) is 0 Å². The van der Waals surface area contributed by atoms with Crippen molar-refractivity contribution in [2.45, 2.75) is 18.4 Å². The van der Waals surface area contributed by atoms with E-state index in [0.717, 1.165) is 15.5 Å². The first-order valence-electron chi connectivity index (χ1n) is 5.13. The normalized spacial score (nSPS) is 10.2. The van der Waals surface area contributed by atoms with E-state index in [0.29, 0.717) is 12.1 Å². The second-order valence-corrected chi connectivity index (χ2v) is 5.10. The maximum Gasteiger partial charge on any atom is 0.251 e. The first-order chi connectivity index (χ1) is 8.16. The highest BCUT2D eigenvalue weighted by Gasteiger charge is 2.09. The number of thiazole rings is 1. The average Bonchev–Trinajstić information content (AvgIpc) is 2.82. The molecular formula is C12H12N2OS2. The number of rotatable bonds is 3. The molecular weight excluding hydrogens is 252 g/mol. The van der Waals surface area contributed by atoms with Crippen LogP contribution in [-0.2, 0) is 6.54 Å². The molecule has 0 fully saturated rings. The first kappa shape index (κ1) is 12.1. The van der Waals surface area contributed by atoms with Crippen LogP contribution in [0.3, 0.4) is 0 Å². The molecule has 0 radical (unpaired) electrons. The summed E-state index contributed by atoms with van der Waals surface area (Å²) in [6, 6.07) is 5.53. The Morgan fingerprint density at radius 3 is 3.06 bits per heavy atom. The van der Waals surface area contributed by atoms with Crippen LogP contribution in [-0.4, -0.2) is 10.9 Å². The summed E-state index contributed by atoms with van der Waals surface area (Å²) in [5, 5.41) is 5.64. The molecule has 88 valence electrons. The molecule has 2 rings (SSSR count). The lowest BCUT2D eigenvalue weighted by atomic mass is 10.1. The number of thiol groups is 1. The van der Waals surface area contributed by atoms with Gasteiger partial charge < -0.3 is 5.32 Å². The summed E-state index contributed by atoms with van der Waals surface area (Å²) in [6.45, 7) is 2.37. The van der Waals surface area contributed by atoms with E-state index >= 15 is 0 Å². The van der Waals surface area contributed by atoms with E-state index in [2.05, 4.69) is 22.9 Å². The minimum atomic E-state index is -0.0893. The number of nitrogens with one attached hydrogen (secondary N) is 1. The number of carbonyl (C=O) groups is 1. The third-order valence-corrected chi connectivity index (χ3v) is 3.41. The standard InChI is InChI=1S/C12H12N2OS2/c1-8-2-3-9(16)6-10(8)12(15)14-7-11-13-4-5-17-11/h2-6,16H,7H2,1H3,(H,14,15). The Labute approximate surface area is 109 Å². The number of amides is 1. The van der Waals surface area contributed by atoms with Crippen molar-refractivity contribution in [3.63, 3.8) is 0 Å². The summed E-state index contributed by atoms with van der Waals surface area (Å²) in [4.78, 5) is 16.8. The Balaban J connectivity index is 2.07. The van der Waals surface area contributed by atoms with E-state index in [1.165, 1.54) is 11.3 Å². The fraction of sp³-hybridized carbons (Fsp3) is 0.167. The van der Waals surface area contributed by atoms with Gasteiger partial charge in [0.05, 0.1) is 6.54 Å². The molecule has 0 bridgehead atoms. The third-order valence-electron chi connectivity index (χ3n) is 2.35. The summed E-state index contributed by atoms with van der Waals surface area (Å²) in [7, 11) is 0. The average molecular weight is 264 g/mol. The summed E-state index contributed by atoms with van der Waals surface area (Å²) < 4.78 is 0. The molecule has 5 heteroatoms. The van der Waals surface area contributed by atoms with Crippen molar-refractivity contribution in [3.8, 4) is 0 Å². The molecule has 1 heterocycles. The van der Waals surface area contributed by atoms with E-state index in [-0.39, 0.29) is 5.91 Å². The summed E-state index contributed by atoms with van der Waals surface area (Å²) in [5.74, 6) is -0.0893. The quantitative estimate of drug-likeness (QED) is 0.837. The Kier molecular flexibility index (Phi) is 3.81. The highest BCUT2D eigenvalue weighted by atomic mass is 32.1. The lowest BCUT2D eigenvalue weighted by Crippen LogP contribution is -2.23. The Morgan fingerprint density at radius 1 is 1.53 bits per heavy atom. The zero-order chi connectivity index (χ0) is 12.3. The fourth-order valence-corrected chi connectivity index (χ4v) is 2.21. The molecule has 0 aliphatic heterocycles. The van der Waals surface area contributed by atoms with E-state index < -0.39 is 0 Å². The molecule has 0 saturated heterocycles. The Hall–Kier alpha value is -1.33. The molecule has 2 aromatic rings. The first-order valence-corrected chi connectivity index (χ1v) is 6.45. The number of hydrogen-bond acceptors (Lipinski definition) is 4. The van der Waals surface area contributed by atoms with E-state index in [4.69, 9.17) is 0 Å². The molecule has 1 N–H and O–H groups in total. The highest BCUT2D eigenvalue weighted by Crippen LogP contribution is 2.14. The number of aryl methyl sites for hydroxylation is 1. The summed E-state index contributed by atoms with van der Waals surface area (Å²) >= 11 is 5.76. The van der Waals surface area contributed by atoms with Gasteiger partial charge in [0.25, 0.3) is 5.91 Å². The molecule has 1 aromatic carbocycles. The predicted octanol–water partition coefficient (Wildman–Crippen LogP) is 2.67. The number of aromatic nitrogens is 1. The topological polar surface area (TPSA) is 42.0 Å². The van der Waals surface area contributed by atoms with Gasteiger partial charge in [-0.25, -0.2) is 4.98 Å². The molecule has 0 unspecified atom stereocenters. The van der Waals surface area contributed by atoms with Gasteiger partial charge in [-0.1, -0.05) is 6.07 Å².